The Morgan fingerprint density at radius 3 is 2.94 bits per heavy atom. The molecule has 0 aromatic heterocycles. The zero-order valence-electron chi connectivity index (χ0n) is 9.63. The van der Waals surface area contributed by atoms with Crippen molar-refractivity contribution < 1.29 is 4.74 Å². The van der Waals surface area contributed by atoms with E-state index in [1.54, 1.807) is 0 Å². The zero-order chi connectivity index (χ0) is 11.4. The van der Waals surface area contributed by atoms with Crippen LogP contribution in [0.1, 0.15) is 24.8 Å². The molecule has 1 aromatic rings. The lowest BCUT2D eigenvalue weighted by molar-refractivity contribution is 0.306. The topological polar surface area (TPSA) is 21.3 Å². The van der Waals surface area contributed by atoms with Gasteiger partial charge in [0.1, 0.15) is 5.75 Å². The smallest absolute Gasteiger partial charge is 0.122 e. The maximum atomic E-state index is 5.73. The highest BCUT2D eigenvalue weighted by molar-refractivity contribution is 9.10. The molecule has 2 rings (SSSR count). The fourth-order valence-corrected chi connectivity index (χ4v) is 2.10. The zero-order valence-corrected chi connectivity index (χ0v) is 11.2. The average Bonchev–Trinajstić information content (AvgIpc) is 3.04. The van der Waals surface area contributed by atoms with Crippen LogP contribution < -0.4 is 10.1 Å². The summed E-state index contributed by atoms with van der Waals surface area (Å²) in [7, 11) is 0. The molecule has 0 bridgehead atoms. The summed E-state index contributed by atoms with van der Waals surface area (Å²) in [6, 6.07) is 6.92. The SMILES string of the molecule is Cc1cc(Br)ccc1OCCCNC1CC1. The first-order chi connectivity index (χ1) is 7.75. The van der Waals surface area contributed by atoms with Crippen LogP contribution in [0.25, 0.3) is 0 Å². The third-order valence-corrected chi connectivity index (χ3v) is 3.22. The van der Waals surface area contributed by atoms with E-state index in [4.69, 9.17) is 4.74 Å². The lowest BCUT2D eigenvalue weighted by atomic mass is 10.2. The van der Waals surface area contributed by atoms with Gasteiger partial charge in [0.05, 0.1) is 6.61 Å². The van der Waals surface area contributed by atoms with Gasteiger partial charge in [-0.05, 0) is 56.5 Å². The molecule has 0 atom stereocenters. The van der Waals surface area contributed by atoms with Gasteiger partial charge in [-0.1, -0.05) is 15.9 Å². The molecule has 0 amide bonds. The molecule has 0 heterocycles. The molecule has 1 N–H and O–H groups in total. The van der Waals surface area contributed by atoms with E-state index in [-0.39, 0.29) is 0 Å². The number of hydrogen-bond acceptors (Lipinski definition) is 2. The van der Waals surface area contributed by atoms with E-state index in [0.717, 1.165) is 35.8 Å². The van der Waals surface area contributed by atoms with Crippen LogP contribution in [0.2, 0.25) is 0 Å². The van der Waals surface area contributed by atoms with E-state index in [0.29, 0.717) is 0 Å². The standard InChI is InChI=1S/C13H18BrNO/c1-10-9-11(14)3-6-13(10)16-8-2-7-15-12-4-5-12/h3,6,9,12,15H,2,4-5,7-8H2,1H3. The van der Waals surface area contributed by atoms with E-state index < -0.39 is 0 Å². The van der Waals surface area contributed by atoms with Gasteiger partial charge in [-0.2, -0.15) is 0 Å². The summed E-state index contributed by atoms with van der Waals surface area (Å²) in [6.07, 6.45) is 3.78. The van der Waals surface area contributed by atoms with Crippen molar-refractivity contribution in [3.8, 4) is 5.75 Å². The van der Waals surface area contributed by atoms with Gasteiger partial charge in [0.2, 0.25) is 0 Å². The Kier molecular flexibility index (Phi) is 4.24. The van der Waals surface area contributed by atoms with E-state index in [1.807, 2.05) is 12.1 Å². The molecule has 1 aliphatic rings. The fraction of sp³-hybridized carbons (Fsp3) is 0.538. The minimum atomic E-state index is 0.794. The van der Waals surface area contributed by atoms with Crippen LogP contribution in [0.4, 0.5) is 0 Å². The molecule has 1 saturated carbocycles. The van der Waals surface area contributed by atoms with Crippen molar-refractivity contribution in [1.29, 1.82) is 0 Å². The van der Waals surface area contributed by atoms with Gasteiger partial charge >= 0.3 is 0 Å². The van der Waals surface area contributed by atoms with Gasteiger partial charge in [-0.15, -0.1) is 0 Å². The molecule has 2 nitrogen and oxygen atoms in total. The van der Waals surface area contributed by atoms with Crippen LogP contribution in [0.15, 0.2) is 22.7 Å². The number of halogens is 1. The van der Waals surface area contributed by atoms with E-state index >= 15 is 0 Å². The van der Waals surface area contributed by atoms with Gasteiger partial charge in [-0.25, -0.2) is 0 Å². The molecule has 16 heavy (non-hydrogen) atoms. The second-order valence-corrected chi connectivity index (χ2v) is 5.26. The Balaban J connectivity index is 1.67. The molecule has 0 aliphatic heterocycles. The average molecular weight is 284 g/mol. The van der Waals surface area contributed by atoms with Crippen LogP contribution >= 0.6 is 15.9 Å². The molecule has 1 aliphatic carbocycles. The van der Waals surface area contributed by atoms with Crippen LogP contribution in [-0.2, 0) is 0 Å². The van der Waals surface area contributed by atoms with Crippen LogP contribution in [0.3, 0.4) is 0 Å². The monoisotopic (exact) mass is 283 g/mol. The predicted octanol–water partition coefficient (Wildman–Crippen LogP) is 3.28. The molecule has 0 radical (unpaired) electrons. The Hall–Kier alpha value is -0.540. The Labute approximate surface area is 106 Å². The molecule has 88 valence electrons. The molecular weight excluding hydrogens is 266 g/mol. The molecule has 0 unspecified atom stereocenters. The number of hydrogen-bond donors (Lipinski definition) is 1. The number of aryl methyl sites for hydroxylation is 1. The van der Waals surface area contributed by atoms with Gasteiger partial charge in [-0.3, -0.25) is 0 Å². The molecule has 1 fully saturated rings. The van der Waals surface area contributed by atoms with Crippen LogP contribution in [-0.4, -0.2) is 19.2 Å². The quantitative estimate of drug-likeness (QED) is 0.809. The molecule has 0 spiro atoms. The van der Waals surface area contributed by atoms with Crippen molar-refractivity contribution in [3.63, 3.8) is 0 Å². The maximum absolute atomic E-state index is 5.73. The summed E-state index contributed by atoms with van der Waals surface area (Å²) in [5, 5.41) is 3.48. The highest BCUT2D eigenvalue weighted by Crippen LogP contribution is 2.22. The van der Waals surface area contributed by atoms with Gasteiger partial charge in [0.15, 0.2) is 0 Å². The summed E-state index contributed by atoms with van der Waals surface area (Å²) >= 11 is 3.45. The summed E-state index contributed by atoms with van der Waals surface area (Å²) < 4.78 is 6.84. The largest absolute Gasteiger partial charge is 0.493 e. The first kappa shape index (κ1) is 11.9. The maximum Gasteiger partial charge on any atom is 0.122 e. The lowest BCUT2D eigenvalue weighted by Gasteiger charge is -2.09. The highest BCUT2D eigenvalue weighted by Gasteiger charge is 2.19. The number of nitrogens with one attached hydrogen (secondary N) is 1. The van der Waals surface area contributed by atoms with Crippen molar-refractivity contribution in [3.05, 3.63) is 28.2 Å². The predicted molar refractivity (Wildman–Crippen MR) is 70.0 cm³/mol. The van der Waals surface area contributed by atoms with Crippen molar-refractivity contribution in [2.24, 2.45) is 0 Å². The van der Waals surface area contributed by atoms with E-state index in [2.05, 4.69) is 34.2 Å². The first-order valence-corrected chi connectivity index (χ1v) is 6.67. The Morgan fingerprint density at radius 1 is 1.44 bits per heavy atom. The highest BCUT2D eigenvalue weighted by atomic mass is 79.9. The summed E-state index contributed by atoms with van der Waals surface area (Å²) in [5.41, 5.74) is 1.18. The van der Waals surface area contributed by atoms with E-state index in [1.165, 1.54) is 18.4 Å². The number of benzene rings is 1. The minimum Gasteiger partial charge on any atom is -0.493 e. The molecular formula is C13H18BrNO. The fourth-order valence-electron chi connectivity index (χ4n) is 1.62. The number of ether oxygens (including phenoxy) is 1. The van der Waals surface area contributed by atoms with Crippen molar-refractivity contribution >= 4 is 15.9 Å². The Morgan fingerprint density at radius 2 is 2.25 bits per heavy atom. The van der Waals surface area contributed by atoms with Gasteiger partial charge in [0.25, 0.3) is 0 Å². The van der Waals surface area contributed by atoms with Crippen molar-refractivity contribution in [2.45, 2.75) is 32.2 Å². The second-order valence-electron chi connectivity index (χ2n) is 4.34. The van der Waals surface area contributed by atoms with Gasteiger partial charge < -0.3 is 10.1 Å². The van der Waals surface area contributed by atoms with Crippen molar-refractivity contribution in [2.75, 3.05) is 13.2 Å². The third-order valence-electron chi connectivity index (χ3n) is 2.73. The van der Waals surface area contributed by atoms with E-state index in [9.17, 15) is 0 Å². The summed E-state index contributed by atoms with van der Waals surface area (Å²) in [5.74, 6) is 0.995. The number of rotatable bonds is 6. The molecule has 3 heteroatoms. The normalized spacial score (nSPS) is 15.1. The second kappa shape index (κ2) is 5.69. The minimum absolute atomic E-state index is 0.794. The lowest BCUT2D eigenvalue weighted by Crippen LogP contribution is -2.19. The van der Waals surface area contributed by atoms with Crippen molar-refractivity contribution in [1.82, 2.24) is 5.32 Å². The molecule has 1 aromatic carbocycles. The third kappa shape index (κ3) is 3.80. The Bertz CT molecular complexity index is 350. The van der Waals surface area contributed by atoms with Crippen LogP contribution in [0.5, 0.6) is 5.75 Å². The molecule has 0 saturated heterocycles. The summed E-state index contributed by atoms with van der Waals surface area (Å²) in [4.78, 5) is 0. The van der Waals surface area contributed by atoms with Gasteiger partial charge in [0, 0.05) is 10.5 Å². The summed E-state index contributed by atoms with van der Waals surface area (Å²) in [6.45, 7) is 3.94. The first-order valence-electron chi connectivity index (χ1n) is 5.88. The van der Waals surface area contributed by atoms with Crippen LogP contribution in [0, 0.1) is 6.92 Å².